The summed E-state index contributed by atoms with van der Waals surface area (Å²) in [5.74, 6) is 4.34. The monoisotopic (exact) mass is 1640 g/mol. The van der Waals surface area contributed by atoms with E-state index in [9.17, 15) is 33.9 Å². The summed E-state index contributed by atoms with van der Waals surface area (Å²) < 4.78 is 98.1. The van der Waals surface area contributed by atoms with Crippen molar-refractivity contribution in [2.75, 3.05) is 57.5 Å². The second-order valence-corrected chi connectivity index (χ2v) is 41.9. The summed E-state index contributed by atoms with van der Waals surface area (Å²) in [4.78, 5) is 45.5. The molecular formula is C79H97FN10O7S10. The molecule has 0 amide bonds. The van der Waals surface area contributed by atoms with E-state index in [0.29, 0.717) is 48.3 Å². The Hall–Kier alpha value is -6.47. The molecule has 0 aliphatic rings. The first-order chi connectivity index (χ1) is 50.3. The number of sulfone groups is 3. The maximum absolute atomic E-state index is 12.7. The third kappa shape index (κ3) is 32.9. The highest BCUT2D eigenvalue weighted by Crippen LogP contribution is 2.30. The number of hydrogen-bond donors (Lipinski definition) is 0. The van der Waals surface area contributed by atoms with E-state index in [1.807, 2.05) is 103 Å². The molecule has 5 aromatic heterocycles. The fraction of sp³-hybridized carbons (Fsp3) is 0.367. The summed E-state index contributed by atoms with van der Waals surface area (Å²) in [6.45, 7) is 33.3. The van der Waals surface area contributed by atoms with Gasteiger partial charge in [-0.05, 0) is 185 Å². The predicted octanol–water partition coefficient (Wildman–Crippen LogP) is 18.1. The third-order valence-electron chi connectivity index (χ3n) is 15.1. The van der Waals surface area contributed by atoms with Gasteiger partial charge >= 0.3 is 0 Å². The third-order valence-corrected chi connectivity index (χ3v) is 28.3. The van der Waals surface area contributed by atoms with Gasteiger partial charge in [0.15, 0.2) is 55.3 Å². The number of hydrogen-bond acceptors (Lipinski definition) is 23. The zero-order valence-corrected chi connectivity index (χ0v) is 71.8. The molecule has 0 radical (unpaired) electrons. The average Bonchev–Trinajstić information content (AvgIpc) is 0.818. The molecule has 17 nitrogen and oxygen atoms in total. The molecule has 10 aromatic rings. The number of aryl methyl sites for hydroxylation is 7. The van der Waals surface area contributed by atoms with Gasteiger partial charge in [0.2, 0.25) is 0 Å². The van der Waals surface area contributed by atoms with E-state index in [1.165, 1.54) is 63.4 Å². The maximum Gasteiger partial charge on any atom is 0.188 e. The second kappa shape index (κ2) is 42.6. The van der Waals surface area contributed by atoms with Crippen LogP contribution >= 0.6 is 70.6 Å². The van der Waals surface area contributed by atoms with Gasteiger partial charge in [0.25, 0.3) is 0 Å². The van der Waals surface area contributed by atoms with Gasteiger partial charge in [-0.3, -0.25) is 4.21 Å². The molecule has 10 rings (SSSR count). The van der Waals surface area contributed by atoms with Crippen molar-refractivity contribution in [3.63, 3.8) is 0 Å². The Morgan fingerprint density at radius 1 is 0.346 bits per heavy atom. The zero-order chi connectivity index (χ0) is 78.6. The van der Waals surface area contributed by atoms with Crippen LogP contribution in [0.3, 0.4) is 0 Å². The molecule has 5 aromatic carbocycles. The van der Waals surface area contributed by atoms with Crippen LogP contribution < -0.4 is 0 Å². The summed E-state index contributed by atoms with van der Waals surface area (Å²) >= 11 is 9.18. The van der Waals surface area contributed by atoms with Crippen LogP contribution in [0.5, 0.6) is 0 Å². The normalized spacial score (nSPS) is 12.0. The second-order valence-electron chi connectivity index (χ2n) is 27.5. The molecule has 0 aliphatic heterocycles. The molecule has 0 saturated heterocycles. The van der Waals surface area contributed by atoms with Crippen LogP contribution in [0.15, 0.2) is 227 Å². The topological polar surface area (TPSA) is 248 Å². The van der Waals surface area contributed by atoms with Crippen LogP contribution in [-0.2, 0) is 56.6 Å². The molecule has 0 bridgehead atoms. The Morgan fingerprint density at radius 3 is 0.972 bits per heavy atom. The molecule has 0 spiro atoms. The minimum absolute atomic E-state index is 0.0124. The summed E-state index contributed by atoms with van der Waals surface area (Å²) in [7, 11) is -10.9. The van der Waals surface area contributed by atoms with Crippen LogP contribution in [-0.4, -0.2) is 137 Å². The number of rotatable bonds is 25. The molecule has 0 fully saturated rings. The largest absolute Gasteiger partial charge is 0.254 e. The predicted molar refractivity (Wildman–Crippen MR) is 443 cm³/mol. The molecule has 0 saturated carbocycles. The van der Waals surface area contributed by atoms with E-state index in [4.69, 9.17) is 0 Å². The lowest BCUT2D eigenvalue weighted by atomic mass is 9.87. The van der Waals surface area contributed by atoms with Gasteiger partial charge in [-0.15, -0.1) is 11.8 Å². The molecule has 572 valence electrons. The molecule has 0 aliphatic carbocycles. The number of halogens is 1. The Bertz CT molecular complexity index is 4620. The summed E-state index contributed by atoms with van der Waals surface area (Å²) in [6, 6.07) is 45.3. The number of thioether (sulfide) groups is 6. The highest BCUT2D eigenvalue weighted by atomic mass is 32.2. The molecule has 1 atom stereocenters. The van der Waals surface area contributed by atoms with E-state index in [1.54, 1.807) is 96.8 Å². The van der Waals surface area contributed by atoms with E-state index >= 15 is 0 Å². The maximum atomic E-state index is 12.7. The van der Waals surface area contributed by atoms with E-state index in [-0.39, 0.29) is 38.4 Å². The minimum Gasteiger partial charge on any atom is -0.254 e. The van der Waals surface area contributed by atoms with E-state index < -0.39 is 46.1 Å². The van der Waals surface area contributed by atoms with Crippen molar-refractivity contribution in [2.24, 2.45) is 0 Å². The SMILES string of the molecule is Cc1cc(C)nc(SCCS(=O)(=O)c2ccc(C(C)(C)C)cc2)n1.Cc1cc(C)nc(SCCS(=O)c2ccc(C(C)(C)C)cc2)n1.Cc1cc(C)nc(SCCSc2ccc(C(C)(C)C)cc2)n1.Cc1ccc(S(=O)(=O)CCSc2ncccn2)cc1.O=S(=O)(CCSc1ncccn1)c1ccc(F)cc1. The molecule has 1 unspecified atom stereocenters. The minimum atomic E-state index is -3.39. The Morgan fingerprint density at radius 2 is 0.626 bits per heavy atom. The van der Waals surface area contributed by atoms with Crippen LogP contribution in [0, 0.1) is 54.3 Å². The van der Waals surface area contributed by atoms with Gasteiger partial charge < -0.3 is 0 Å². The van der Waals surface area contributed by atoms with Gasteiger partial charge in [0.1, 0.15) is 5.82 Å². The van der Waals surface area contributed by atoms with Crippen molar-refractivity contribution in [2.45, 2.75) is 177 Å². The van der Waals surface area contributed by atoms with Crippen LogP contribution in [0.4, 0.5) is 4.39 Å². The lowest BCUT2D eigenvalue weighted by Gasteiger charge is -2.19. The molecular weight excluding hydrogens is 1540 g/mol. The van der Waals surface area contributed by atoms with Crippen LogP contribution in [0.1, 0.15) is 119 Å². The smallest absolute Gasteiger partial charge is 0.188 e. The number of aromatic nitrogens is 10. The van der Waals surface area contributed by atoms with Gasteiger partial charge in [0.05, 0.1) is 42.7 Å². The van der Waals surface area contributed by atoms with Gasteiger partial charge in [-0.25, -0.2) is 79.5 Å². The van der Waals surface area contributed by atoms with Crippen molar-refractivity contribution in [1.82, 2.24) is 49.8 Å². The summed E-state index contributed by atoms with van der Waals surface area (Å²) in [5.41, 5.74) is 11.0. The van der Waals surface area contributed by atoms with E-state index in [2.05, 4.69) is 149 Å². The fourth-order valence-corrected chi connectivity index (χ4v) is 20.9. The molecule has 5 heterocycles. The van der Waals surface area contributed by atoms with Crippen molar-refractivity contribution >= 4 is 111 Å². The van der Waals surface area contributed by atoms with Crippen molar-refractivity contribution < 1.29 is 33.9 Å². The Labute approximate surface area is 662 Å². The molecule has 107 heavy (non-hydrogen) atoms. The fourth-order valence-electron chi connectivity index (χ4n) is 9.40. The summed E-state index contributed by atoms with van der Waals surface area (Å²) in [6.07, 6.45) is 6.49. The number of nitrogens with zero attached hydrogens (tertiary/aromatic N) is 10. The first-order valence-corrected chi connectivity index (χ1v) is 46.5. The first-order valence-electron chi connectivity index (χ1n) is 34.3. The highest BCUT2D eigenvalue weighted by molar-refractivity contribution is 8.03. The first kappa shape index (κ1) is 89.4. The van der Waals surface area contributed by atoms with Crippen LogP contribution in [0.25, 0.3) is 0 Å². The lowest BCUT2D eigenvalue weighted by Crippen LogP contribution is -2.13. The van der Waals surface area contributed by atoms with Gasteiger partial charge in [-0.1, -0.05) is 175 Å². The van der Waals surface area contributed by atoms with Crippen LogP contribution in [0.2, 0.25) is 0 Å². The van der Waals surface area contributed by atoms with Gasteiger partial charge in [0, 0.05) is 109 Å². The highest BCUT2D eigenvalue weighted by Gasteiger charge is 2.21. The van der Waals surface area contributed by atoms with E-state index in [0.717, 1.165) is 89.9 Å². The Balaban J connectivity index is 0.000000210. The molecule has 28 heteroatoms. The lowest BCUT2D eigenvalue weighted by molar-refractivity contribution is 0.586. The number of benzene rings is 5. The average molecular weight is 1640 g/mol. The van der Waals surface area contributed by atoms with Crippen molar-refractivity contribution in [3.8, 4) is 0 Å². The Kier molecular flexibility index (Phi) is 35.6. The zero-order valence-electron chi connectivity index (χ0n) is 63.6. The molecule has 0 N–H and O–H groups in total. The van der Waals surface area contributed by atoms with Gasteiger partial charge in [-0.2, -0.15) is 0 Å². The van der Waals surface area contributed by atoms with Crippen molar-refractivity contribution in [3.05, 3.63) is 239 Å². The summed E-state index contributed by atoms with van der Waals surface area (Å²) in [5, 5.41) is 3.42. The standard InChI is InChI=1S/C18H24N2O2S2.C18H24N2OS2.C18H24N2S2.C13H14N2O2S2.C12H11FN2O2S2/c1-13-12-14(2)20-17(19-13)23-10-11-24(21,22)16-8-6-15(7-9-16)18(3,4)5;1-13-12-14(2)20-17(19-13)22-10-11-23(21)16-8-6-15(7-9-16)18(3,4)5;1-13-12-14(2)20-17(19-13)22-11-10-21-16-8-6-15(7-9-16)18(3,4)5;1-11-3-5-12(6-4-11)19(16,17)10-9-18-13-14-7-2-8-15-13;13-10-2-4-11(5-3-10)19(16,17)9-8-18-12-14-6-1-7-15-12/h6-9,12H,10-11H2,1-5H3;6-9,12H,10-11H2,1-5H3;6-9,12H,10-11H2,1-5H3;2-8H,9-10H2,1H3;1-7H,8-9H2. The quantitative estimate of drug-likeness (QED) is 0.0223. The van der Waals surface area contributed by atoms with Crippen molar-refractivity contribution in [1.29, 1.82) is 0 Å².